The normalized spacial score (nSPS) is 39.2. The SMILES string of the molecule is N#Cc1cc(C2C3CC4CC(C3)CC2C4)c[nH]c1=O. The van der Waals surface area contributed by atoms with Crippen molar-refractivity contribution in [1.82, 2.24) is 4.98 Å². The van der Waals surface area contributed by atoms with Gasteiger partial charge in [-0.25, -0.2) is 0 Å². The van der Waals surface area contributed by atoms with Crippen LogP contribution in [0.25, 0.3) is 0 Å². The fraction of sp³-hybridized carbons (Fsp3) is 0.625. The predicted octanol–water partition coefficient (Wildman–Crippen LogP) is 2.79. The number of nitrogens with one attached hydrogen (secondary N) is 1. The Bertz CT molecular complexity index is 582. The van der Waals surface area contributed by atoms with Gasteiger partial charge in [-0.15, -0.1) is 0 Å². The molecule has 0 spiro atoms. The molecule has 98 valence electrons. The van der Waals surface area contributed by atoms with Gasteiger partial charge in [-0.1, -0.05) is 0 Å². The summed E-state index contributed by atoms with van der Waals surface area (Å²) in [6.07, 6.45) is 8.75. The van der Waals surface area contributed by atoms with Crippen LogP contribution < -0.4 is 5.56 Å². The highest BCUT2D eigenvalue weighted by Crippen LogP contribution is 2.59. The number of aromatic amines is 1. The van der Waals surface area contributed by atoms with Crippen LogP contribution in [-0.4, -0.2) is 4.98 Å². The second-order valence-electron chi connectivity index (χ2n) is 6.74. The van der Waals surface area contributed by atoms with Crippen LogP contribution in [0.4, 0.5) is 0 Å². The first kappa shape index (κ1) is 11.3. The molecule has 0 amide bonds. The standard InChI is InChI=1S/C16H18N2O/c17-7-13-6-14(8-18-16(13)19)15-11-2-9-1-10(4-11)5-12(15)3-9/h6,8-12,15H,1-5H2,(H,18,19). The molecule has 4 fully saturated rings. The zero-order valence-corrected chi connectivity index (χ0v) is 10.9. The Kier molecular flexibility index (Phi) is 2.35. The van der Waals surface area contributed by atoms with Crippen LogP contribution in [0.5, 0.6) is 0 Å². The van der Waals surface area contributed by atoms with E-state index in [0.29, 0.717) is 5.92 Å². The van der Waals surface area contributed by atoms with Crippen LogP contribution in [0.2, 0.25) is 0 Å². The van der Waals surface area contributed by atoms with Crippen LogP contribution in [0.1, 0.15) is 49.1 Å². The van der Waals surface area contributed by atoms with E-state index in [9.17, 15) is 4.79 Å². The number of nitrogens with zero attached hydrogens (tertiary/aromatic N) is 1. The van der Waals surface area contributed by atoms with Crippen LogP contribution in [0.15, 0.2) is 17.1 Å². The van der Waals surface area contributed by atoms with Crippen molar-refractivity contribution in [3.05, 3.63) is 33.7 Å². The molecule has 0 saturated heterocycles. The van der Waals surface area contributed by atoms with Crippen molar-refractivity contribution in [2.24, 2.45) is 23.7 Å². The van der Waals surface area contributed by atoms with E-state index in [0.717, 1.165) is 23.7 Å². The van der Waals surface area contributed by atoms with Gasteiger partial charge in [0.2, 0.25) is 0 Å². The van der Waals surface area contributed by atoms with E-state index in [1.165, 1.54) is 37.7 Å². The van der Waals surface area contributed by atoms with Gasteiger partial charge in [0.25, 0.3) is 5.56 Å². The molecular formula is C16H18N2O. The fourth-order valence-electron chi connectivity index (χ4n) is 5.25. The quantitative estimate of drug-likeness (QED) is 0.837. The first-order chi connectivity index (χ1) is 9.24. The Hall–Kier alpha value is -1.56. The van der Waals surface area contributed by atoms with E-state index in [-0.39, 0.29) is 11.1 Å². The van der Waals surface area contributed by atoms with E-state index >= 15 is 0 Å². The predicted molar refractivity (Wildman–Crippen MR) is 71.6 cm³/mol. The third-order valence-electron chi connectivity index (χ3n) is 5.66. The average molecular weight is 254 g/mol. The number of nitriles is 1. The molecule has 0 radical (unpaired) electrons. The zero-order chi connectivity index (χ0) is 13.0. The van der Waals surface area contributed by atoms with Crippen LogP contribution >= 0.6 is 0 Å². The second kappa shape index (κ2) is 3.96. The molecule has 19 heavy (non-hydrogen) atoms. The van der Waals surface area contributed by atoms with Crippen molar-refractivity contribution in [2.45, 2.75) is 38.0 Å². The molecule has 5 rings (SSSR count). The molecule has 4 aliphatic carbocycles. The van der Waals surface area contributed by atoms with Crippen molar-refractivity contribution in [3.63, 3.8) is 0 Å². The summed E-state index contributed by atoms with van der Waals surface area (Å²) < 4.78 is 0. The summed E-state index contributed by atoms with van der Waals surface area (Å²) in [6, 6.07) is 3.85. The lowest BCUT2D eigenvalue weighted by atomic mass is 9.51. The molecule has 4 saturated carbocycles. The molecule has 3 nitrogen and oxygen atoms in total. The molecule has 3 heteroatoms. The minimum absolute atomic E-state index is 0.255. The summed E-state index contributed by atoms with van der Waals surface area (Å²) >= 11 is 0. The summed E-state index contributed by atoms with van der Waals surface area (Å²) in [5, 5.41) is 9.02. The lowest BCUT2D eigenvalue weighted by molar-refractivity contribution is -0.00290. The monoisotopic (exact) mass is 254 g/mol. The van der Waals surface area contributed by atoms with Crippen LogP contribution in [0.3, 0.4) is 0 Å². The smallest absolute Gasteiger partial charge is 0.265 e. The van der Waals surface area contributed by atoms with Gasteiger partial charge in [0.1, 0.15) is 11.6 Å². The second-order valence-corrected chi connectivity index (χ2v) is 6.74. The molecule has 4 bridgehead atoms. The number of H-pyrrole nitrogens is 1. The zero-order valence-electron chi connectivity index (χ0n) is 10.9. The topological polar surface area (TPSA) is 56.6 Å². The summed E-state index contributed by atoms with van der Waals surface area (Å²) in [5.74, 6) is 4.06. The Balaban J connectivity index is 1.73. The molecule has 4 aliphatic rings. The van der Waals surface area contributed by atoms with Gasteiger partial charge in [0.05, 0.1) is 0 Å². The summed E-state index contributed by atoms with van der Waals surface area (Å²) in [4.78, 5) is 14.3. The average Bonchev–Trinajstić information content (AvgIpc) is 2.39. The summed E-state index contributed by atoms with van der Waals surface area (Å²) in [5.41, 5.74) is 1.21. The highest BCUT2D eigenvalue weighted by atomic mass is 16.1. The number of hydrogen-bond donors (Lipinski definition) is 1. The minimum atomic E-state index is -0.255. The van der Waals surface area contributed by atoms with Crippen molar-refractivity contribution in [1.29, 1.82) is 5.26 Å². The first-order valence-electron chi connectivity index (χ1n) is 7.37. The summed E-state index contributed by atoms with van der Waals surface area (Å²) in [7, 11) is 0. The van der Waals surface area contributed by atoms with Crippen molar-refractivity contribution in [3.8, 4) is 6.07 Å². The fourth-order valence-corrected chi connectivity index (χ4v) is 5.25. The van der Waals surface area contributed by atoms with Gasteiger partial charge in [-0.3, -0.25) is 4.79 Å². The maximum absolute atomic E-state index is 11.5. The van der Waals surface area contributed by atoms with Crippen LogP contribution in [-0.2, 0) is 0 Å². The van der Waals surface area contributed by atoms with Gasteiger partial charge in [0, 0.05) is 6.20 Å². The number of rotatable bonds is 1. The van der Waals surface area contributed by atoms with Crippen molar-refractivity contribution < 1.29 is 0 Å². The maximum Gasteiger partial charge on any atom is 0.265 e. The van der Waals surface area contributed by atoms with Crippen molar-refractivity contribution >= 4 is 0 Å². The van der Waals surface area contributed by atoms with Crippen LogP contribution in [0, 0.1) is 35.0 Å². The molecule has 0 unspecified atom stereocenters. The van der Waals surface area contributed by atoms with Crippen molar-refractivity contribution in [2.75, 3.05) is 0 Å². The van der Waals surface area contributed by atoms with Gasteiger partial charge < -0.3 is 4.98 Å². The van der Waals surface area contributed by atoms with E-state index < -0.39 is 0 Å². The minimum Gasteiger partial charge on any atom is -0.328 e. The molecular weight excluding hydrogens is 236 g/mol. The third-order valence-corrected chi connectivity index (χ3v) is 5.66. The Morgan fingerprint density at radius 2 is 1.74 bits per heavy atom. The van der Waals surface area contributed by atoms with E-state index in [2.05, 4.69) is 4.98 Å². The molecule has 1 aromatic heterocycles. The third kappa shape index (κ3) is 1.66. The highest BCUT2D eigenvalue weighted by molar-refractivity contribution is 5.32. The van der Waals surface area contributed by atoms with Gasteiger partial charge in [0.15, 0.2) is 0 Å². The number of hydrogen-bond acceptors (Lipinski definition) is 2. The Morgan fingerprint density at radius 3 is 2.32 bits per heavy atom. The molecule has 1 N–H and O–H groups in total. The molecule has 0 aromatic carbocycles. The Morgan fingerprint density at radius 1 is 1.11 bits per heavy atom. The molecule has 0 aliphatic heterocycles. The van der Waals surface area contributed by atoms with Gasteiger partial charge >= 0.3 is 0 Å². The van der Waals surface area contributed by atoms with Gasteiger partial charge in [-0.05, 0) is 73.3 Å². The number of pyridine rings is 1. The van der Waals surface area contributed by atoms with E-state index in [1.807, 2.05) is 18.3 Å². The van der Waals surface area contributed by atoms with E-state index in [1.54, 1.807) is 0 Å². The lowest BCUT2D eigenvalue weighted by Crippen LogP contribution is -2.43. The lowest BCUT2D eigenvalue weighted by Gasteiger charge is -2.54. The molecule has 0 atom stereocenters. The van der Waals surface area contributed by atoms with E-state index in [4.69, 9.17) is 5.26 Å². The summed E-state index contributed by atoms with van der Waals surface area (Å²) in [6.45, 7) is 0. The Labute approximate surface area is 112 Å². The number of aromatic nitrogens is 1. The largest absolute Gasteiger partial charge is 0.328 e. The van der Waals surface area contributed by atoms with Gasteiger partial charge in [-0.2, -0.15) is 5.26 Å². The highest BCUT2D eigenvalue weighted by Gasteiger charge is 2.48. The molecule has 1 heterocycles. The first-order valence-corrected chi connectivity index (χ1v) is 7.37. The molecule has 1 aromatic rings. The maximum atomic E-state index is 11.5.